The molecule has 1 saturated carbocycles. The lowest BCUT2D eigenvalue weighted by Gasteiger charge is -2.31. The molecule has 1 aromatic carbocycles. The topological polar surface area (TPSA) is 20.3 Å². The third-order valence-corrected chi connectivity index (χ3v) is 4.92. The van der Waals surface area contributed by atoms with Gasteiger partial charge in [0.05, 0.1) is 5.56 Å². The van der Waals surface area contributed by atoms with E-state index in [0.29, 0.717) is 6.04 Å². The first-order valence-electron chi connectivity index (χ1n) is 6.63. The summed E-state index contributed by atoms with van der Waals surface area (Å²) in [7, 11) is 1.94. The first kappa shape index (κ1) is 13.6. The Labute approximate surface area is 117 Å². The van der Waals surface area contributed by atoms with Gasteiger partial charge in [0.1, 0.15) is 0 Å². The monoisotopic (exact) mass is 309 g/mol. The number of amides is 1. The summed E-state index contributed by atoms with van der Waals surface area (Å²) in [4.78, 5) is 14.4. The average Bonchev–Trinajstić information content (AvgIpc) is 2.41. The highest BCUT2D eigenvalue weighted by molar-refractivity contribution is 9.10. The van der Waals surface area contributed by atoms with Crippen molar-refractivity contribution in [3.8, 4) is 0 Å². The predicted molar refractivity (Wildman–Crippen MR) is 77.8 cm³/mol. The van der Waals surface area contributed by atoms with Crippen LogP contribution in [0.2, 0.25) is 0 Å². The summed E-state index contributed by atoms with van der Waals surface area (Å²) >= 11 is 3.53. The van der Waals surface area contributed by atoms with Gasteiger partial charge in [0.2, 0.25) is 0 Å². The molecule has 0 radical (unpaired) electrons. The van der Waals surface area contributed by atoms with E-state index in [4.69, 9.17) is 0 Å². The summed E-state index contributed by atoms with van der Waals surface area (Å²) in [6.45, 7) is 2.02. The Morgan fingerprint density at radius 1 is 1.28 bits per heavy atom. The minimum Gasteiger partial charge on any atom is -0.339 e. The van der Waals surface area contributed by atoms with E-state index in [1.165, 1.54) is 19.3 Å². The summed E-state index contributed by atoms with van der Waals surface area (Å²) < 4.78 is 0.928. The molecule has 3 heteroatoms. The molecular formula is C15H20BrNO. The lowest BCUT2D eigenvalue weighted by Crippen LogP contribution is -2.38. The van der Waals surface area contributed by atoms with Crippen molar-refractivity contribution in [2.75, 3.05) is 7.05 Å². The van der Waals surface area contributed by atoms with Crippen molar-refractivity contribution in [3.05, 3.63) is 33.8 Å². The lowest BCUT2D eigenvalue weighted by molar-refractivity contribution is 0.0695. The molecule has 0 unspecified atom stereocenters. The highest BCUT2D eigenvalue weighted by Gasteiger charge is 2.24. The molecule has 98 valence electrons. The molecule has 0 aliphatic heterocycles. The maximum Gasteiger partial charge on any atom is 0.254 e. The van der Waals surface area contributed by atoms with E-state index in [9.17, 15) is 4.79 Å². The van der Waals surface area contributed by atoms with Crippen LogP contribution in [0.1, 0.15) is 48.0 Å². The van der Waals surface area contributed by atoms with E-state index in [1.807, 2.05) is 37.1 Å². The van der Waals surface area contributed by atoms with E-state index in [0.717, 1.165) is 28.4 Å². The molecule has 1 aliphatic rings. The molecule has 0 aromatic heterocycles. The maximum absolute atomic E-state index is 12.5. The minimum absolute atomic E-state index is 0.137. The summed E-state index contributed by atoms with van der Waals surface area (Å²) in [6, 6.07) is 6.28. The van der Waals surface area contributed by atoms with Crippen LogP contribution in [0.4, 0.5) is 0 Å². The van der Waals surface area contributed by atoms with Gasteiger partial charge in [0, 0.05) is 17.6 Å². The highest BCUT2D eigenvalue weighted by atomic mass is 79.9. The molecule has 1 amide bonds. The fourth-order valence-corrected chi connectivity index (χ4v) is 3.07. The second-order valence-corrected chi connectivity index (χ2v) is 5.94. The number of carbonyl (C=O) groups excluding carboxylic acids is 1. The first-order valence-corrected chi connectivity index (χ1v) is 7.43. The van der Waals surface area contributed by atoms with Crippen molar-refractivity contribution in [2.24, 2.45) is 0 Å². The Hall–Kier alpha value is -0.830. The van der Waals surface area contributed by atoms with Gasteiger partial charge in [-0.1, -0.05) is 31.4 Å². The fourth-order valence-electron chi connectivity index (χ4n) is 2.64. The molecule has 0 N–H and O–H groups in total. The van der Waals surface area contributed by atoms with Crippen LogP contribution < -0.4 is 0 Å². The SMILES string of the molecule is Cc1cccc(C(=O)N(C)C2CCCCC2)c1Br. The molecule has 1 aromatic rings. The number of carbonyl (C=O) groups is 1. The highest BCUT2D eigenvalue weighted by Crippen LogP contribution is 2.26. The summed E-state index contributed by atoms with van der Waals surface area (Å²) in [5.41, 5.74) is 1.89. The van der Waals surface area contributed by atoms with E-state index in [-0.39, 0.29) is 5.91 Å². The minimum atomic E-state index is 0.137. The smallest absolute Gasteiger partial charge is 0.254 e. The van der Waals surface area contributed by atoms with Crippen molar-refractivity contribution < 1.29 is 4.79 Å². The maximum atomic E-state index is 12.5. The first-order chi connectivity index (χ1) is 8.61. The van der Waals surface area contributed by atoms with Gasteiger partial charge in [0.15, 0.2) is 0 Å². The molecule has 2 nitrogen and oxygen atoms in total. The van der Waals surface area contributed by atoms with Crippen LogP contribution in [0.25, 0.3) is 0 Å². The Kier molecular flexibility index (Phi) is 4.44. The quantitative estimate of drug-likeness (QED) is 0.803. The molecular weight excluding hydrogens is 290 g/mol. The zero-order chi connectivity index (χ0) is 13.1. The van der Waals surface area contributed by atoms with Crippen molar-refractivity contribution >= 4 is 21.8 Å². The number of hydrogen-bond acceptors (Lipinski definition) is 1. The van der Waals surface area contributed by atoms with Crippen LogP contribution in [0, 0.1) is 6.92 Å². The Morgan fingerprint density at radius 3 is 2.61 bits per heavy atom. The van der Waals surface area contributed by atoms with Gasteiger partial charge in [0.25, 0.3) is 5.91 Å². The number of halogens is 1. The Morgan fingerprint density at radius 2 is 1.94 bits per heavy atom. The zero-order valence-corrected chi connectivity index (χ0v) is 12.7. The lowest BCUT2D eigenvalue weighted by atomic mass is 9.94. The summed E-state index contributed by atoms with van der Waals surface area (Å²) in [5, 5.41) is 0. The van der Waals surface area contributed by atoms with E-state index >= 15 is 0 Å². The zero-order valence-electron chi connectivity index (χ0n) is 11.1. The van der Waals surface area contributed by atoms with Crippen LogP contribution in [0.15, 0.2) is 22.7 Å². The molecule has 1 fully saturated rings. The Balaban J connectivity index is 2.17. The van der Waals surface area contributed by atoms with E-state index < -0.39 is 0 Å². The largest absolute Gasteiger partial charge is 0.339 e. The average molecular weight is 310 g/mol. The van der Waals surface area contributed by atoms with Gasteiger partial charge in [-0.25, -0.2) is 0 Å². The van der Waals surface area contributed by atoms with Crippen molar-refractivity contribution in [1.29, 1.82) is 0 Å². The van der Waals surface area contributed by atoms with Crippen LogP contribution in [0.5, 0.6) is 0 Å². The second-order valence-electron chi connectivity index (χ2n) is 5.14. The molecule has 0 spiro atoms. The third-order valence-electron chi connectivity index (χ3n) is 3.86. The van der Waals surface area contributed by atoms with E-state index in [1.54, 1.807) is 0 Å². The molecule has 0 atom stereocenters. The van der Waals surface area contributed by atoms with Crippen LogP contribution in [-0.4, -0.2) is 23.9 Å². The van der Waals surface area contributed by atoms with Gasteiger partial charge in [-0.15, -0.1) is 0 Å². The second kappa shape index (κ2) is 5.87. The molecule has 1 aliphatic carbocycles. The van der Waals surface area contributed by atoms with Gasteiger partial charge >= 0.3 is 0 Å². The van der Waals surface area contributed by atoms with Gasteiger partial charge in [-0.05, 0) is 47.3 Å². The number of aryl methyl sites for hydroxylation is 1. The van der Waals surface area contributed by atoms with Crippen molar-refractivity contribution in [1.82, 2.24) is 4.90 Å². The fraction of sp³-hybridized carbons (Fsp3) is 0.533. The van der Waals surface area contributed by atoms with Crippen LogP contribution in [0.3, 0.4) is 0 Å². The molecule has 0 heterocycles. The summed E-state index contributed by atoms with van der Waals surface area (Å²) in [5.74, 6) is 0.137. The van der Waals surface area contributed by atoms with E-state index in [2.05, 4.69) is 15.9 Å². The molecule has 0 bridgehead atoms. The van der Waals surface area contributed by atoms with Gasteiger partial charge in [-0.2, -0.15) is 0 Å². The number of rotatable bonds is 2. The number of benzene rings is 1. The van der Waals surface area contributed by atoms with Crippen molar-refractivity contribution in [3.63, 3.8) is 0 Å². The molecule has 18 heavy (non-hydrogen) atoms. The van der Waals surface area contributed by atoms with Crippen LogP contribution in [-0.2, 0) is 0 Å². The predicted octanol–water partition coefficient (Wildman–Crippen LogP) is 4.16. The number of hydrogen-bond donors (Lipinski definition) is 0. The molecule has 0 saturated heterocycles. The standard InChI is InChI=1S/C15H20BrNO/c1-11-7-6-10-13(14(11)16)15(18)17(2)12-8-4-3-5-9-12/h6-7,10,12H,3-5,8-9H2,1-2H3. The van der Waals surface area contributed by atoms with Gasteiger partial charge in [-0.3, -0.25) is 4.79 Å². The summed E-state index contributed by atoms with van der Waals surface area (Å²) in [6.07, 6.45) is 6.10. The van der Waals surface area contributed by atoms with Gasteiger partial charge < -0.3 is 4.90 Å². The normalized spacial score (nSPS) is 16.6. The Bertz CT molecular complexity index is 438. The van der Waals surface area contributed by atoms with Crippen molar-refractivity contribution in [2.45, 2.75) is 45.1 Å². The third kappa shape index (κ3) is 2.77. The van der Waals surface area contributed by atoms with Crippen LogP contribution >= 0.6 is 15.9 Å². The molecule has 2 rings (SSSR count). The number of nitrogens with zero attached hydrogens (tertiary/aromatic N) is 1.